The molecule has 0 aliphatic heterocycles. The van der Waals surface area contributed by atoms with E-state index in [9.17, 15) is 13.2 Å². The molecule has 0 heterocycles. The van der Waals surface area contributed by atoms with Gasteiger partial charge in [-0.25, -0.2) is 13.2 Å². The van der Waals surface area contributed by atoms with Crippen LogP contribution in [0.1, 0.15) is 50.2 Å². The van der Waals surface area contributed by atoms with E-state index in [0.29, 0.717) is 11.1 Å². The molecule has 0 radical (unpaired) electrons. The van der Waals surface area contributed by atoms with Crippen molar-refractivity contribution in [1.82, 2.24) is 0 Å². The topological polar surface area (TPSA) is 0 Å². The lowest BCUT2D eigenvalue weighted by Crippen LogP contribution is -2.02. The Morgan fingerprint density at radius 2 is 1.71 bits per heavy atom. The molecule has 0 aromatic heterocycles. The molecule has 0 amide bonds. The van der Waals surface area contributed by atoms with Crippen LogP contribution in [0, 0.1) is 17.5 Å². The molecule has 0 spiro atoms. The molecule has 0 atom stereocenters. The van der Waals surface area contributed by atoms with Crippen LogP contribution in [0.15, 0.2) is 35.9 Å². The third-order valence-electron chi connectivity index (χ3n) is 4.64. The first-order chi connectivity index (χ1) is 11.6. The van der Waals surface area contributed by atoms with Crippen LogP contribution in [0.3, 0.4) is 0 Å². The zero-order valence-corrected chi connectivity index (χ0v) is 13.8. The van der Waals surface area contributed by atoms with Crippen molar-refractivity contribution in [2.45, 2.75) is 45.4 Å². The maximum Gasteiger partial charge on any atom is 0.159 e. The number of hydrogen-bond acceptors (Lipinski definition) is 0. The Morgan fingerprint density at radius 3 is 2.46 bits per heavy atom. The first kappa shape index (κ1) is 16.8. The normalized spacial score (nSPS) is 13.6. The molecule has 3 rings (SSSR count). The summed E-state index contributed by atoms with van der Waals surface area (Å²) in [6.45, 7) is 2.18. The van der Waals surface area contributed by atoms with Gasteiger partial charge in [-0.05, 0) is 66.6 Å². The van der Waals surface area contributed by atoms with Gasteiger partial charge in [0.25, 0.3) is 0 Å². The molecule has 0 saturated heterocycles. The Balaban J connectivity index is 1.90. The number of allylic oxidation sites excluding steroid dienone is 1. The molecular formula is C21H21F3. The predicted molar refractivity (Wildman–Crippen MR) is 92.2 cm³/mol. The maximum absolute atomic E-state index is 14.5. The van der Waals surface area contributed by atoms with Gasteiger partial charge < -0.3 is 0 Å². The van der Waals surface area contributed by atoms with Gasteiger partial charge in [-0.1, -0.05) is 37.5 Å². The molecule has 126 valence electrons. The average Bonchev–Trinajstić information content (AvgIpc) is 2.57. The fourth-order valence-corrected chi connectivity index (χ4v) is 3.26. The second kappa shape index (κ2) is 7.25. The second-order valence-electron chi connectivity index (χ2n) is 6.42. The van der Waals surface area contributed by atoms with Crippen LogP contribution in [0.25, 0.3) is 17.2 Å². The summed E-state index contributed by atoms with van der Waals surface area (Å²) >= 11 is 0. The number of fused-ring (bicyclic) bond motifs is 1. The number of halogens is 3. The molecule has 0 saturated carbocycles. The maximum atomic E-state index is 14.5. The third-order valence-corrected chi connectivity index (χ3v) is 4.64. The van der Waals surface area contributed by atoms with Crippen LogP contribution >= 0.6 is 0 Å². The summed E-state index contributed by atoms with van der Waals surface area (Å²) < 4.78 is 41.0. The minimum atomic E-state index is -0.956. The standard InChI is InChI=1S/C21H21F3/c1-2-3-4-5-14-6-7-15-11-18(20(23)13-17(15)10-14)16-8-9-19(22)21(24)12-16/h8-13H,2-7H2,1H3. The summed E-state index contributed by atoms with van der Waals surface area (Å²) in [6.07, 6.45) is 8.59. The quantitative estimate of drug-likeness (QED) is 0.536. The van der Waals surface area contributed by atoms with Crippen LogP contribution in [0.5, 0.6) is 0 Å². The van der Waals surface area contributed by atoms with Crippen LogP contribution in [0.4, 0.5) is 13.2 Å². The number of hydrogen-bond donors (Lipinski definition) is 0. The van der Waals surface area contributed by atoms with Crippen molar-refractivity contribution in [3.8, 4) is 11.1 Å². The van der Waals surface area contributed by atoms with Gasteiger partial charge in [0.2, 0.25) is 0 Å². The van der Waals surface area contributed by atoms with Gasteiger partial charge in [0.05, 0.1) is 0 Å². The summed E-state index contributed by atoms with van der Waals surface area (Å²) in [4.78, 5) is 0. The van der Waals surface area contributed by atoms with E-state index < -0.39 is 17.5 Å². The fourth-order valence-electron chi connectivity index (χ4n) is 3.26. The Bertz CT molecular complexity index is 775. The lowest BCUT2D eigenvalue weighted by atomic mass is 9.87. The van der Waals surface area contributed by atoms with Gasteiger partial charge in [0.1, 0.15) is 5.82 Å². The Kier molecular flexibility index (Phi) is 5.08. The Morgan fingerprint density at radius 1 is 0.875 bits per heavy atom. The van der Waals surface area contributed by atoms with E-state index in [1.807, 2.05) is 0 Å². The van der Waals surface area contributed by atoms with Gasteiger partial charge in [0, 0.05) is 5.56 Å². The molecule has 0 fully saturated rings. The minimum absolute atomic E-state index is 0.329. The third kappa shape index (κ3) is 3.55. The molecule has 3 heteroatoms. The van der Waals surface area contributed by atoms with Crippen molar-refractivity contribution in [3.63, 3.8) is 0 Å². The summed E-state index contributed by atoms with van der Waals surface area (Å²) in [7, 11) is 0. The van der Waals surface area contributed by atoms with Crippen LogP contribution < -0.4 is 0 Å². The fraction of sp³-hybridized carbons (Fsp3) is 0.333. The molecule has 1 aliphatic rings. The monoisotopic (exact) mass is 330 g/mol. The highest BCUT2D eigenvalue weighted by atomic mass is 19.2. The second-order valence-corrected chi connectivity index (χ2v) is 6.42. The predicted octanol–water partition coefficient (Wildman–Crippen LogP) is 6.68. The van der Waals surface area contributed by atoms with Crippen LogP contribution in [-0.4, -0.2) is 0 Å². The van der Waals surface area contributed by atoms with Crippen LogP contribution in [0.2, 0.25) is 0 Å². The largest absolute Gasteiger partial charge is 0.206 e. The van der Waals surface area contributed by atoms with Crippen molar-refractivity contribution in [2.24, 2.45) is 0 Å². The number of unbranched alkanes of at least 4 members (excludes halogenated alkanes) is 2. The van der Waals surface area contributed by atoms with Crippen molar-refractivity contribution in [1.29, 1.82) is 0 Å². The molecule has 0 N–H and O–H groups in total. The highest BCUT2D eigenvalue weighted by molar-refractivity contribution is 5.70. The lowest BCUT2D eigenvalue weighted by Gasteiger charge is -2.18. The van der Waals surface area contributed by atoms with Gasteiger partial charge in [0.15, 0.2) is 11.6 Å². The molecule has 0 nitrogen and oxygen atoms in total. The molecule has 24 heavy (non-hydrogen) atoms. The van der Waals surface area contributed by atoms with Crippen molar-refractivity contribution < 1.29 is 13.2 Å². The highest BCUT2D eigenvalue weighted by Crippen LogP contribution is 2.33. The van der Waals surface area contributed by atoms with Crippen molar-refractivity contribution >= 4 is 6.08 Å². The van der Waals surface area contributed by atoms with Crippen LogP contribution in [-0.2, 0) is 6.42 Å². The minimum Gasteiger partial charge on any atom is -0.206 e. The first-order valence-corrected chi connectivity index (χ1v) is 8.55. The summed E-state index contributed by atoms with van der Waals surface area (Å²) in [6, 6.07) is 6.80. The Hall–Kier alpha value is -2.03. The number of benzene rings is 2. The molecule has 0 unspecified atom stereocenters. The number of rotatable bonds is 5. The first-order valence-electron chi connectivity index (χ1n) is 8.55. The zero-order chi connectivity index (χ0) is 17.1. The van der Waals surface area contributed by atoms with E-state index >= 15 is 0 Å². The van der Waals surface area contributed by atoms with Gasteiger partial charge >= 0.3 is 0 Å². The smallest absolute Gasteiger partial charge is 0.159 e. The summed E-state index contributed by atoms with van der Waals surface area (Å²) in [5.74, 6) is -2.27. The highest BCUT2D eigenvalue weighted by Gasteiger charge is 2.16. The summed E-state index contributed by atoms with van der Waals surface area (Å²) in [5.41, 5.74) is 4.05. The Labute approximate surface area is 141 Å². The van der Waals surface area contributed by atoms with E-state index in [2.05, 4.69) is 13.0 Å². The molecular weight excluding hydrogens is 309 g/mol. The van der Waals surface area contributed by atoms with E-state index in [1.165, 1.54) is 37.0 Å². The van der Waals surface area contributed by atoms with Crippen molar-refractivity contribution in [3.05, 3.63) is 64.5 Å². The zero-order valence-electron chi connectivity index (χ0n) is 13.8. The molecule has 0 bridgehead atoms. The van der Waals surface area contributed by atoms with Gasteiger partial charge in [-0.2, -0.15) is 0 Å². The van der Waals surface area contributed by atoms with Gasteiger partial charge in [-0.15, -0.1) is 0 Å². The van der Waals surface area contributed by atoms with E-state index in [1.54, 1.807) is 6.07 Å². The van der Waals surface area contributed by atoms with E-state index in [-0.39, 0.29) is 0 Å². The summed E-state index contributed by atoms with van der Waals surface area (Å²) in [5, 5.41) is 0. The van der Waals surface area contributed by atoms with Crippen molar-refractivity contribution in [2.75, 3.05) is 0 Å². The van der Waals surface area contributed by atoms with E-state index in [4.69, 9.17) is 0 Å². The van der Waals surface area contributed by atoms with E-state index in [0.717, 1.165) is 42.5 Å². The molecule has 2 aromatic rings. The lowest BCUT2D eigenvalue weighted by molar-refractivity contribution is 0.509. The average molecular weight is 330 g/mol. The van der Waals surface area contributed by atoms with Gasteiger partial charge in [-0.3, -0.25) is 0 Å². The SMILES string of the molecule is CCCCCC1=Cc2cc(F)c(-c3ccc(F)c(F)c3)cc2CC1. The molecule has 1 aliphatic carbocycles. The molecule has 2 aromatic carbocycles. The number of aryl methyl sites for hydroxylation is 1.